The minimum atomic E-state index is -3.24. The van der Waals surface area contributed by atoms with Crippen LogP contribution in [0.1, 0.15) is 12.8 Å². The van der Waals surface area contributed by atoms with Gasteiger partial charge in [0.1, 0.15) is 29.5 Å². The third-order valence-electron chi connectivity index (χ3n) is 6.45. The zero-order valence-electron chi connectivity index (χ0n) is 18.5. The second kappa shape index (κ2) is 9.05. The Labute approximate surface area is 204 Å². The first kappa shape index (κ1) is 22.9. The summed E-state index contributed by atoms with van der Waals surface area (Å²) in [5.74, 6) is 2.67. The van der Waals surface area contributed by atoms with Crippen LogP contribution < -0.4 is 15.8 Å². The van der Waals surface area contributed by atoms with Crippen molar-refractivity contribution in [3.8, 4) is 22.6 Å². The van der Waals surface area contributed by atoms with Crippen LogP contribution in [0.3, 0.4) is 0 Å². The van der Waals surface area contributed by atoms with E-state index in [0.29, 0.717) is 24.7 Å². The molecule has 1 aromatic heterocycles. The largest absolute Gasteiger partial charge is 0.457 e. The van der Waals surface area contributed by atoms with Crippen molar-refractivity contribution < 1.29 is 13.2 Å². The average Bonchev–Trinajstić information content (AvgIpc) is 2.76. The topological polar surface area (TPSA) is 110 Å². The number of halogens is 1. The fourth-order valence-electron chi connectivity index (χ4n) is 4.77. The third kappa shape index (κ3) is 4.55. The van der Waals surface area contributed by atoms with Gasteiger partial charge in [-0.2, -0.15) is 0 Å². The molecule has 5 rings (SSSR count). The molecule has 1 spiro atoms. The Bertz CT molecular complexity index is 1260. The lowest BCUT2D eigenvalue weighted by molar-refractivity contribution is -0.0172. The highest BCUT2D eigenvalue weighted by Crippen LogP contribution is 2.50. The first-order chi connectivity index (χ1) is 16.4. The van der Waals surface area contributed by atoms with Crippen LogP contribution >= 0.6 is 11.6 Å². The number of nitrogens with zero attached hydrogens (tertiary/aromatic N) is 3. The Morgan fingerprint density at radius 2 is 1.74 bits per heavy atom. The molecule has 1 saturated heterocycles. The number of nitrogens with two attached hydrogens (primary N) is 1. The van der Waals surface area contributed by atoms with Gasteiger partial charge < -0.3 is 15.8 Å². The number of aromatic nitrogens is 2. The van der Waals surface area contributed by atoms with Gasteiger partial charge in [0, 0.05) is 30.4 Å². The summed E-state index contributed by atoms with van der Waals surface area (Å²) in [7, 11) is -3.24. The highest BCUT2D eigenvalue weighted by atomic mass is 35.5. The Morgan fingerprint density at radius 1 is 1.06 bits per heavy atom. The monoisotopic (exact) mass is 499 g/mol. The lowest BCUT2D eigenvalue weighted by atomic mass is 9.61. The summed E-state index contributed by atoms with van der Waals surface area (Å²) < 4.78 is 31.7. The van der Waals surface area contributed by atoms with Crippen LogP contribution in [0.5, 0.6) is 11.5 Å². The molecule has 178 valence electrons. The van der Waals surface area contributed by atoms with E-state index in [1.165, 1.54) is 6.33 Å². The van der Waals surface area contributed by atoms with Crippen molar-refractivity contribution in [2.45, 2.75) is 18.9 Å². The van der Waals surface area contributed by atoms with Crippen LogP contribution in [0.25, 0.3) is 11.1 Å². The van der Waals surface area contributed by atoms with Gasteiger partial charge in [0.15, 0.2) is 0 Å². The molecule has 0 bridgehead atoms. The van der Waals surface area contributed by atoms with E-state index in [0.717, 1.165) is 35.5 Å². The van der Waals surface area contributed by atoms with Gasteiger partial charge in [-0.1, -0.05) is 30.3 Å². The minimum Gasteiger partial charge on any atom is -0.457 e. The molecule has 8 nitrogen and oxygen atoms in total. The zero-order valence-corrected chi connectivity index (χ0v) is 20.1. The Hall–Kier alpha value is -2.88. The number of hydrogen-bond donors (Lipinski definition) is 2. The first-order valence-corrected chi connectivity index (χ1v) is 13.3. The average molecular weight is 500 g/mol. The summed E-state index contributed by atoms with van der Waals surface area (Å²) in [5, 5.41) is 3.49. The SMILES string of the molecule is Nc1ncnc(NC2CC3(C2)CN(S(=O)(=O)CCCl)C3)c1-c1ccc(Oc2ccccc2)cc1. The number of nitrogens with one attached hydrogen (secondary N) is 1. The normalized spacial score (nSPS) is 17.7. The fraction of sp³-hybridized carbons (Fsp3) is 0.333. The summed E-state index contributed by atoms with van der Waals surface area (Å²) in [4.78, 5) is 8.62. The molecule has 1 aliphatic heterocycles. The highest BCUT2D eigenvalue weighted by molar-refractivity contribution is 7.89. The van der Waals surface area contributed by atoms with Gasteiger partial charge >= 0.3 is 0 Å². The van der Waals surface area contributed by atoms with Gasteiger partial charge in [0.05, 0.1) is 11.3 Å². The highest BCUT2D eigenvalue weighted by Gasteiger charge is 2.55. The molecular formula is C24H26ClN5O3S. The number of alkyl halides is 1. The molecule has 2 aromatic carbocycles. The molecule has 2 aliphatic rings. The van der Waals surface area contributed by atoms with E-state index in [4.69, 9.17) is 22.1 Å². The molecule has 10 heteroatoms. The van der Waals surface area contributed by atoms with E-state index in [2.05, 4.69) is 15.3 Å². The molecule has 1 saturated carbocycles. The van der Waals surface area contributed by atoms with Gasteiger partial charge in [-0.25, -0.2) is 22.7 Å². The molecule has 1 aliphatic carbocycles. The number of benzene rings is 2. The van der Waals surface area contributed by atoms with Crippen LogP contribution in [0.4, 0.5) is 11.6 Å². The van der Waals surface area contributed by atoms with Crippen molar-refractivity contribution in [1.82, 2.24) is 14.3 Å². The van der Waals surface area contributed by atoms with E-state index in [1.807, 2.05) is 54.6 Å². The fourth-order valence-corrected chi connectivity index (χ4v) is 6.75. The Balaban J connectivity index is 1.25. The van der Waals surface area contributed by atoms with Gasteiger partial charge in [0.25, 0.3) is 0 Å². The Morgan fingerprint density at radius 3 is 2.41 bits per heavy atom. The van der Waals surface area contributed by atoms with E-state index in [-0.39, 0.29) is 23.1 Å². The van der Waals surface area contributed by atoms with Crippen molar-refractivity contribution in [3.63, 3.8) is 0 Å². The third-order valence-corrected chi connectivity index (χ3v) is 8.63. The summed E-state index contributed by atoms with van der Waals surface area (Å²) in [6.07, 6.45) is 3.21. The number of anilines is 2. The minimum absolute atomic E-state index is 0.00886. The summed E-state index contributed by atoms with van der Waals surface area (Å²) in [6, 6.07) is 17.4. The predicted molar refractivity (Wildman–Crippen MR) is 134 cm³/mol. The standard InChI is InChI=1S/C24H26ClN5O3S/c25-10-11-34(31,32)30-14-24(15-30)12-18(13-24)29-23-21(22(26)27-16-28-23)17-6-8-20(9-7-17)33-19-4-2-1-3-5-19/h1-9,16,18H,10-15H2,(H3,26,27,28,29). The van der Waals surface area contributed by atoms with Gasteiger partial charge in [0.2, 0.25) is 10.0 Å². The second-order valence-corrected chi connectivity index (χ2v) is 11.4. The quantitative estimate of drug-likeness (QED) is 0.451. The molecule has 0 atom stereocenters. The maximum absolute atomic E-state index is 12.2. The maximum Gasteiger partial charge on any atom is 0.215 e. The van der Waals surface area contributed by atoms with Crippen LogP contribution in [0.2, 0.25) is 0 Å². The number of rotatable bonds is 8. The molecule has 2 heterocycles. The van der Waals surface area contributed by atoms with Crippen LogP contribution in [0, 0.1) is 5.41 Å². The molecule has 0 unspecified atom stereocenters. The van der Waals surface area contributed by atoms with E-state index in [1.54, 1.807) is 4.31 Å². The molecule has 34 heavy (non-hydrogen) atoms. The van der Waals surface area contributed by atoms with Crippen molar-refractivity contribution in [2.24, 2.45) is 5.41 Å². The van der Waals surface area contributed by atoms with Gasteiger partial charge in [-0.3, -0.25) is 0 Å². The molecule has 3 N–H and O–H groups in total. The number of ether oxygens (including phenoxy) is 1. The maximum atomic E-state index is 12.2. The van der Waals surface area contributed by atoms with E-state index in [9.17, 15) is 8.42 Å². The molecule has 3 aromatic rings. The second-order valence-electron chi connectivity index (χ2n) is 8.94. The summed E-state index contributed by atoms with van der Waals surface area (Å²) in [6.45, 7) is 1.12. The Kier molecular flexibility index (Phi) is 6.09. The molecule has 0 radical (unpaired) electrons. The zero-order chi connectivity index (χ0) is 23.8. The number of para-hydroxylation sites is 1. The number of hydrogen-bond acceptors (Lipinski definition) is 7. The van der Waals surface area contributed by atoms with Crippen molar-refractivity contribution in [2.75, 3.05) is 35.8 Å². The van der Waals surface area contributed by atoms with Crippen LogP contribution in [-0.2, 0) is 10.0 Å². The molecule has 0 amide bonds. The van der Waals surface area contributed by atoms with Crippen molar-refractivity contribution >= 4 is 33.3 Å². The van der Waals surface area contributed by atoms with Crippen LogP contribution in [0.15, 0.2) is 60.9 Å². The van der Waals surface area contributed by atoms with E-state index >= 15 is 0 Å². The molecular weight excluding hydrogens is 474 g/mol. The smallest absolute Gasteiger partial charge is 0.215 e. The van der Waals surface area contributed by atoms with Crippen molar-refractivity contribution in [1.29, 1.82) is 0 Å². The van der Waals surface area contributed by atoms with Gasteiger partial charge in [-0.05, 0) is 42.7 Å². The van der Waals surface area contributed by atoms with Crippen molar-refractivity contribution in [3.05, 3.63) is 60.9 Å². The predicted octanol–water partition coefficient (Wildman–Crippen LogP) is 3.96. The lowest BCUT2D eigenvalue weighted by Gasteiger charge is -2.58. The summed E-state index contributed by atoms with van der Waals surface area (Å²) in [5.41, 5.74) is 7.91. The number of nitrogen functional groups attached to an aromatic ring is 1. The lowest BCUT2D eigenvalue weighted by Crippen LogP contribution is -2.66. The number of sulfonamides is 1. The van der Waals surface area contributed by atoms with Crippen LogP contribution in [-0.4, -0.2) is 53.5 Å². The first-order valence-electron chi connectivity index (χ1n) is 11.1. The van der Waals surface area contributed by atoms with E-state index < -0.39 is 10.0 Å². The molecule has 2 fully saturated rings. The summed E-state index contributed by atoms with van der Waals surface area (Å²) >= 11 is 5.62. The van der Waals surface area contributed by atoms with Gasteiger partial charge in [-0.15, -0.1) is 11.6 Å².